The van der Waals surface area contributed by atoms with Crippen LogP contribution in [-0.2, 0) is 14.8 Å². The van der Waals surface area contributed by atoms with Gasteiger partial charge in [0, 0.05) is 17.2 Å². The molecule has 0 atom stereocenters. The van der Waals surface area contributed by atoms with Crippen molar-refractivity contribution < 1.29 is 23.2 Å². The Labute approximate surface area is 148 Å². The first-order valence-corrected chi connectivity index (χ1v) is 8.70. The van der Waals surface area contributed by atoms with E-state index in [1.807, 2.05) is 0 Å². The Morgan fingerprint density at radius 3 is 2.52 bits per heavy atom. The van der Waals surface area contributed by atoms with Crippen LogP contribution in [-0.4, -0.2) is 31.0 Å². The van der Waals surface area contributed by atoms with Gasteiger partial charge in [0.25, 0.3) is 15.7 Å². The van der Waals surface area contributed by atoms with Crippen LogP contribution in [0.2, 0.25) is 5.02 Å². The van der Waals surface area contributed by atoms with Crippen molar-refractivity contribution in [3.8, 4) is 0 Å². The molecule has 0 aliphatic heterocycles. The highest BCUT2D eigenvalue weighted by Gasteiger charge is 2.29. The first-order valence-electron chi connectivity index (χ1n) is 6.88. The molecule has 0 fully saturated rings. The van der Waals surface area contributed by atoms with E-state index in [4.69, 9.17) is 16.7 Å². The number of non-ortho nitro benzene ring substituents is 1. The average Bonchev–Trinajstić information content (AvgIpc) is 2.53. The lowest BCUT2D eigenvalue weighted by Crippen LogP contribution is -2.36. The summed E-state index contributed by atoms with van der Waals surface area (Å²) in [5, 5.41) is 20.3. The van der Waals surface area contributed by atoms with E-state index in [-0.39, 0.29) is 10.6 Å². The molecule has 25 heavy (non-hydrogen) atoms. The summed E-state index contributed by atoms with van der Waals surface area (Å²) in [5.41, 5.74) is 0.158. The highest BCUT2D eigenvalue weighted by Crippen LogP contribution is 2.29. The molecule has 0 radical (unpaired) electrons. The van der Waals surface area contributed by atoms with Crippen molar-refractivity contribution in [2.75, 3.05) is 10.8 Å². The van der Waals surface area contributed by atoms with Crippen LogP contribution in [0.5, 0.6) is 0 Å². The largest absolute Gasteiger partial charge is 0.480 e. The number of sulfonamides is 1. The molecule has 0 amide bonds. The molecule has 0 spiro atoms. The first-order chi connectivity index (χ1) is 11.6. The topological polar surface area (TPSA) is 118 Å². The molecule has 2 aromatic carbocycles. The number of hydrogen-bond donors (Lipinski definition) is 1. The molecular weight excluding hydrogens is 372 g/mol. The second kappa shape index (κ2) is 7.08. The number of aliphatic carboxylic acids is 1. The van der Waals surface area contributed by atoms with Crippen molar-refractivity contribution in [1.29, 1.82) is 0 Å². The lowest BCUT2D eigenvalue weighted by Gasteiger charge is -2.24. The molecular formula is C15H13ClN2O6S. The van der Waals surface area contributed by atoms with E-state index in [0.717, 1.165) is 12.1 Å². The molecule has 0 aromatic heterocycles. The van der Waals surface area contributed by atoms with Crippen molar-refractivity contribution in [3.63, 3.8) is 0 Å². The van der Waals surface area contributed by atoms with Crippen LogP contribution < -0.4 is 4.31 Å². The molecule has 0 aliphatic carbocycles. The van der Waals surface area contributed by atoms with E-state index in [0.29, 0.717) is 14.9 Å². The Balaban J connectivity index is 2.62. The quantitative estimate of drug-likeness (QED) is 0.604. The standard InChI is InChI=1S/C15H13ClN2O6S/c1-10-7-11(16)5-6-14(10)17(9-15(19)20)25(23,24)13-4-2-3-12(8-13)18(21)22/h2-8H,9H2,1H3,(H,19,20). The lowest BCUT2D eigenvalue weighted by molar-refractivity contribution is -0.385. The number of nitrogens with zero attached hydrogens (tertiary/aromatic N) is 2. The first kappa shape index (κ1) is 18.7. The molecule has 8 nitrogen and oxygen atoms in total. The number of carbonyl (C=O) groups is 1. The normalized spacial score (nSPS) is 11.1. The fraction of sp³-hybridized carbons (Fsp3) is 0.133. The number of halogens is 1. The van der Waals surface area contributed by atoms with Gasteiger partial charge in [0.15, 0.2) is 0 Å². The molecule has 0 bridgehead atoms. The summed E-state index contributed by atoms with van der Waals surface area (Å²) in [6.07, 6.45) is 0. The molecule has 0 aliphatic rings. The van der Waals surface area contributed by atoms with E-state index in [2.05, 4.69) is 0 Å². The van der Waals surface area contributed by atoms with Gasteiger partial charge >= 0.3 is 5.97 Å². The van der Waals surface area contributed by atoms with Crippen molar-refractivity contribution in [2.24, 2.45) is 0 Å². The van der Waals surface area contributed by atoms with E-state index in [9.17, 15) is 23.3 Å². The third-order valence-electron chi connectivity index (χ3n) is 3.32. The Kier molecular flexibility index (Phi) is 5.29. The highest BCUT2D eigenvalue weighted by atomic mass is 35.5. The number of nitro groups is 1. The average molecular weight is 385 g/mol. The van der Waals surface area contributed by atoms with Gasteiger partial charge in [-0.15, -0.1) is 0 Å². The van der Waals surface area contributed by atoms with Crippen LogP contribution in [0, 0.1) is 17.0 Å². The zero-order chi connectivity index (χ0) is 18.8. The molecule has 0 unspecified atom stereocenters. The summed E-state index contributed by atoms with van der Waals surface area (Å²) >= 11 is 5.86. The molecule has 0 heterocycles. The van der Waals surface area contributed by atoms with Gasteiger partial charge in [-0.25, -0.2) is 8.42 Å². The second-order valence-corrected chi connectivity index (χ2v) is 7.39. The third-order valence-corrected chi connectivity index (χ3v) is 5.31. The third kappa shape index (κ3) is 4.06. The maximum absolute atomic E-state index is 12.9. The van der Waals surface area contributed by atoms with E-state index in [1.54, 1.807) is 6.92 Å². The van der Waals surface area contributed by atoms with Crippen LogP contribution in [0.1, 0.15) is 5.56 Å². The fourth-order valence-corrected chi connectivity index (χ4v) is 3.95. The van der Waals surface area contributed by atoms with Crippen molar-refractivity contribution in [3.05, 3.63) is 63.2 Å². The van der Waals surface area contributed by atoms with E-state index >= 15 is 0 Å². The Bertz CT molecular complexity index is 945. The molecule has 2 aromatic rings. The summed E-state index contributed by atoms with van der Waals surface area (Å²) in [5.74, 6) is -1.37. The minimum atomic E-state index is -4.34. The smallest absolute Gasteiger partial charge is 0.324 e. The Hall–Kier alpha value is -2.65. The lowest BCUT2D eigenvalue weighted by atomic mass is 10.2. The van der Waals surface area contributed by atoms with Gasteiger partial charge in [-0.1, -0.05) is 17.7 Å². The van der Waals surface area contributed by atoms with Crippen LogP contribution >= 0.6 is 11.6 Å². The fourth-order valence-electron chi connectivity index (χ4n) is 2.21. The Morgan fingerprint density at radius 1 is 1.28 bits per heavy atom. The number of aryl methyl sites for hydroxylation is 1. The van der Waals surface area contributed by atoms with Gasteiger partial charge in [-0.05, 0) is 36.8 Å². The van der Waals surface area contributed by atoms with Gasteiger partial charge in [0.05, 0.1) is 15.5 Å². The SMILES string of the molecule is Cc1cc(Cl)ccc1N(CC(=O)O)S(=O)(=O)c1cccc([N+](=O)[O-])c1. The van der Waals surface area contributed by atoms with Gasteiger partial charge in [-0.2, -0.15) is 0 Å². The summed E-state index contributed by atoms with van der Waals surface area (Å²) in [4.78, 5) is 20.9. The zero-order valence-electron chi connectivity index (χ0n) is 12.9. The van der Waals surface area contributed by atoms with Gasteiger partial charge in [-0.3, -0.25) is 19.2 Å². The molecule has 1 N–H and O–H groups in total. The van der Waals surface area contributed by atoms with Gasteiger partial charge in [0.2, 0.25) is 0 Å². The number of rotatable bonds is 6. The van der Waals surface area contributed by atoms with Crippen LogP contribution in [0.15, 0.2) is 47.4 Å². The monoisotopic (exact) mass is 384 g/mol. The van der Waals surface area contributed by atoms with E-state index in [1.165, 1.54) is 30.3 Å². The number of anilines is 1. The second-order valence-electron chi connectivity index (χ2n) is 5.09. The van der Waals surface area contributed by atoms with Crippen LogP contribution in [0.4, 0.5) is 11.4 Å². The number of carboxylic acids is 1. The predicted octanol–water partition coefficient (Wildman–Crippen LogP) is 2.84. The Morgan fingerprint density at radius 2 is 1.96 bits per heavy atom. The minimum Gasteiger partial charge on any atom is -0.480 e. The predicted molar refractivity (Wildman–Crippen MR) is 91.5 cm³/mol. The molecule has 132 valence electrons. The van der Waals surface area contributed by atoms with Crippen molar-refractivity contribution in [1.82, 2.24) is 0 Å². The highest BCUT2D eigenvalue weighted by molar-refractivity contribution is 7.92. The molecule has 10 heteroatoms. The summed E-state index contributed by atoms with van der Waals surface area (Å²) in [6, 6.07) is 8.73. The van der Waals surface area contributed by atoms with Crippen molar-refractivity contribution in [2.45, 2.75) is 11.8 Å². The van der Waals surface area contributed by atoms with Crippen LogP contribution in [0.3, 0.4) is 0 Å². The zero-order valence-corrected chi connectivity index (χ0v) is 14.5. The molecule has 2 rings (SSSR count). The maximum Gasteiger partial charge on any atom is 0.324 e. The molecule has 0 saturated heterocycles. The van der Waals surface area contributed by atoms with Crippen molar-refractivity contribution >= 4 is 39.0 Å². The van der Waals surface area contributed by atoms with Gasteiger partial charge < -0.3 is 5.11 Å². The summed E-state index contributed by atoms with van der Waals surface area (Å²) < 4.78 is 26.5. The molecule has 0 saturated carbocycles. The maximum atomic E-state index is 12.9. The number of carboxylic acid groups (broad SMARTS) is 1. The van der Waals surface area contributed by atoms with Crippen LogP contribution in [0.25, 0.3) is 0 Å². The number of hydrogen-bond acceptors (Lipinski definition) is 5. The van der Waals surface area contributed by atoms with E-state index < -0.39 is 33.1 Å². The van der Waals surface area contributed by atoms with Gasteiger partial charge in [0.1, 0.15) is 6.54 Å². The summed E-state index contributed by atoms with van der Waals surface area (Å²) in [7, 11) is -4.34. The number of benzene rings is 2. The number of nitro benzene ring substituents is 1. The minimum absolute atomic E-state index is 0.123. The summed E-state index contributed by atoms with van der Waals surface area (Å²) in [6.45, 7) is 0.743.